The Balaban J connectivity index is 1.29. The first-order valence-electron chi connectivity index (χ1n) is 12.5. The molecule has 6 atom stereocenters. The zero-order valence-corrected chi connectivity index (χ0v) is 20.6. The molecule has 172 valence electrons. The number of allylic oxidation sites excluding steroid dienone is 2. The fourth-order valence-corrected chi connectivity index (χ4v) is 8.59. The van der Waals surface area contributed by atoms with E-state index in [0.29, 0.717) is 33.8 Å². The summed E-state index contributed by atoms with van der Waals surface area (Å²) in [6.45, 7) is 7.97. The molecule has 0 N–H and O–H groups in total. The van der Waals surface area contributed by atoms with E-state index < -0.39 is 0 Å². The lowest BCUT2D eigenvalue weighted by atomic mass is 9.40. The van der Waals surface area contributed by atoms with Crippen LogP contribution in [0, 0.1) is 33.5 Å². The molecule has 0 unspecified atom stereocenters. The third kappa shape index (κ3) is 3.67. The summed E-state index contributed by atoms with van der Waals surface area (Å²) in [5.74, 6) is 1.17. The van der Waals surface area contributed by atoms with Crippen LogP contribution in [0.2, 0.25) is 5.02 Å². The van der Waals surface area contributed by atoms with Crippen molar-refractivity contribution < 1.29 is 9.53 Å². The van der Waals surface area contributed by atoms with E-state index in [9.17, 15) is 4.79 Å². The van der Waals surface area contributed by atoms with Crippen molar-refractivity contribution in [2.75, 3.05) is 6.61 Å². The van der Waals surface area contributed by atoms with Gasteiger partial charge in [-0.25, -0.2) is 4.79 Å². The van der Waals surface area contributed by atoms with Crippen molar-refractivity contribution in [3.63, 3.8) is 0 Å². The topological polar surface area (TPSA) is 26.3 Å². The molecule has 0 aromatic heterocycles. The van der Waals surface area contributed by atoms with Crippen LogP contribution >= 0.6 is 11.6 Å². The van der Waals surface area contributed by atoms with Gasteiger partial charge in [0, 0.05) is 16.5 Å². The van der Waals surface area contributed by atoms with Crippen LogP contribution in [0.15, 0.2) is 42.5 Å². The average molecular weight is 453 g/mol. The highest BCUT2D eigenvalue weighted by Gasteiger charge is 2.63. The van der Waals surface area contributed by atoms with Crippen LogP contribution in [-0.4, -0.2) is 12.6 Å². The molecule has 1 spiro atoms. The van der Waals surface area contributed by atoms with Gasteiger partial charge in [0.1, 0.15) is 0 Å². The average Bonchev–Trinajstić information content (AvgIpc) is 3.00. The Morgan fingerprint density at radius 2 is 1.78 bits per heavy atom. The lowest BCUT2D eigenvalue weighted by molar-refractivity contribution is -0.168. The van der Waals surface area contributed by atoms with E-state index in [-0.39, 0.29) is 11.4 Å². The maximum absolute atomic E-state index is 12.5. The molecule has 2 nitrogen and oxygen atoms in total. The summed E-state index contributed by atoms with van der Waals surface area (Å²) in [5, 5.41) is 0.697. The monoisotopic (exact) mass is 452 g/mol. The second-order valence-corrected chi connectivity index (χ2v) is 12.5. The first-order chi connectivity index (χ1) is 15.2. The van der Waals surface area contributed by atoms with Gasteiger partial charge in [-0.1, -0.05) is 63.1 Å². The molecule has 0 aliphatic heterocycles. The van der Waals surface area contributed by atoms with Gasteiger partial charge in [-0.05, 0) is 96.8 Å². The zero-order valence-electron chi connectivity index (χ0n) is 19.8. The molecule has 3 saturated carbocycles. The van der Waals surface area contributed by atoms with Crippen LogP contribution in [0.25, 0.3) is 6.08 Å². The van der Waals surface area contributed by atoms with Crippen LogP contribution < -0.4 is 0 Å². The van der Waals surface area contributed by atoms with Gasteiger partial charge in [-0.15, -0.1) is 0 Å². The van der Waals surface area contributed by atoms with E-state index >= 15 is 0 Å². The molecule has 1 aromatic carbocycles. The molecule has 5 rings (SSSR count). The van der Waals surface area contributed by atoms with Crippen LogP contribution in [0.3, 0.4) is 0 Å². The largest absolute Gasteiger partial charge is 0.462 e. The highest BCUT2D eigenvalue weighted by Crippen LogP contribution is 2.71. The highest BCUT2D eigenvalue weighted by atomic mass is 35.5. The number of hydrogen-bond donors (Lipinski definition) is 0. The van der Waals surface area contributed by atoms with Gasteiger partial charge >= 0.3 is 5.97 Å². The summed E-state index contributed by atoms with van der Waals surface area (Å²) in [5.41, 5.74) is 2.24. The minimum absolute atomic E-state index is 0.0709. The molecular weight excluding hydrogens is 416 g/mol. The fourth-order valence-electron chi connectivity index (χ4n) is 8.46. The van der Waals surface area contributed by atoms with Crippen molar-refractivity contribution in [3.05, 3.63) is 53.1 Å². The van der Waals surface area contributed by atoms with Gasteiger partial charge in [-0.3, -0.25) is 0 Å². The Labute approximate surface area is 198 Å². The summed E-state index contributed by atoms with van der Waals surface area (Å²) in [6.07, 6.45) is 18.9. The van der Waals surface area contributed by atoms with Crippen LogP contribution in [0.5, 0.6) is 0 Å². The quantitative estimate of drug-likeness (QED) is 0.264. The third-order valence-electron chi connectivity index (χ3n) is 9.87. The fraction of sp³-hybridized carbons (Fsp3) is 0.621. The van der Waals surface area contributed by atoms with Crippen molar-refractivity contribution in [3.8, 4) is 0 Å². The van der Waals surface area contributed by atoms with Gasteiger partial charge in [-0.2, -0.15) is 0 Å². The molecule has 0 amide bonds. The predicted molar refractivity (Wildman–Crippen MR) is 131 cm³/mol. The Morgan fingerprint density at radius 1 is 1.03 bits per heavy atom. The number of hydrogen-bond acceptors (Lipinski definition) is 2. The molecule has 4 aliphatic carbocycles. The SMILES string of the molecule is C[C@]12C=C[C@@]3(CC[C@@H]4[C@@](C)(COC(=O)/C=C/c5ccc(Cl)cc5)CCC[C@@]4(C)[C@@H]3CC1)C2. The van der Waals surface area contributed by atoms with Gasteiger partial charge in [0.15, 0.2) is 0 Å². The van der Waals surface area contributed by atoms with E-state index in [0.717, 1.165) is 17.9 Å². The zero-order chi connectivity index (χ0) is 22.6. The summed E-state index contributed by atoms with van der Waals surface area (Å²) in [4.78, 5) is 12.5. The first kappa shape index (κ1) is 22.3. The number of benzene rings is 1. The van der Waals surface area contributed by atoms with Gasteiger partial charge in [0.05, 0.1) is 6.61 Å². The summed E-state index contributed by atoms with van der Waals surface area (Å²) < 4.78 is 5.87. The van der Waals surface area contributed by atoms with Crippen molar-refractivity contribution >= 4 is 23.6 Å². The van der Waals surface area contributed by atoms with E-state index in [4.69, 9.17) is 16.3 Å². The second-order valence-electron chi connectivity index (χ2n) is 12.1. The second kappa shape index (κ2) is 7.76. The van der Waals surface area contributed by atoms with Crippen LogP contribution in [0.1, 0.15) is 77.7 Å². The smallest absolute Gasteiger partial charge is 0.330 e. The normalized spacial score (nSPS) is 42.5. The van der Waals surface area contributed by atoms with Crippen molar-refractivity contribution in [1.82, 2.24) is 0 Å². The van der Waals surface area contributed by atoms with Crippen molar-refractivity contribution in [2.45, 2.75) is 72.1 Å². The van der Waals surface area contributed by atoms with Gasteiger partial charge in [0.25, 0.3) is 0 Å². The Kier molecular flexibility index (Phi) is 5.40. The van der Waals surface area contributed by atoms with Gasteiger partial charge in [0.2, 0.25) is 0 Å². The number of halogens is 1. The number of carbonyl (C=O) groups is 1. The van der Waals surface area contributed by atoms with E-state index in [2.05, 4.69) is 32.9 Å². The highest BCUT2D eigenvalue weighted by molar-refractivity contribution is 6.30. The predicted octanol–water partition coefficient (Wildman–Crippen LogP) is 7.87. The number of carbonyl (C=O) groups excluding carboxylic acids is 1. The molecule has 2 bridgehead atoms. The van der Waals surface area contributed by atoms with E-state index in [1.165, 1.54) is 44.9 Å². The minimum atomic E-state index is -0.243. The molecule has 0 radical (unpaired) electrons. The molecule has 3 heteroatoms. The van der Waals surface area contributed by atoms with E-state index in [1.54, 1.807) is 6.08 Å². The number of fused-ring (bicyclic) bond motifs is 3. The molecule has 0 saturated heterocycles. The Morgan fingerprint density at radius 3 is 2.56 bits per heavy atom. The van der Waals surface area contributed by atoms with Crippen LogP contribution in [-0.2, 0) is 9.53 Å². The Bertz CT molecular complexity index is 948. The maximum Gasteiger partial charge on any atom is 0.330 e. The minimum Gasteiger partial charge on any atom is -0.462 e. The molecular formula is C29H37ClO2. The number of rotatable bonds is 4. The Hall–Kier alpha value is -1.54. The molecule has 1 aromatic rings. The standard InChI is InChI=1S/C29H37ClO2/c1-26-15-11-24-28(3)14-4-13-27(2,23(28)12-16-29(24,19-26)18-17-26)20-32-25(31)10-7-21-5-8-22(30)9-6-21/h5-10,17-18,23-24H,4,11-16,19-20H2,1-3H3/b10-7+/t23-,24+,26-,27-,28-,29+/m1/s1. The van der Waals surface area contributed by atoms with Crippen molar-refractivity contribution in [1.29, 1.82) is 0 Å². The van der Waals surface area contributed by atoms with Gasteiger partial charge < -0.3 is 4.74 Å². The number of esters is 1. The van der Waals surface area contributed by atoms with Crippen LogP contribution in [0.4, 0.5) is 0 Å². The lowest BCUT2D eigenvalue weighted by Gasteiger charge is -2.64. The van der Waals surface area contributed by atoms with Crippen molar-refractivity contribution in [2.24, 2.45) is 33.5 Å². The summed E-state index contributed by atoms with van der Waals surface area (Å²) in [6, 6.07) is 7.48. The third-order valence-corrected chi connectivity index (χ3v) is 10.1. The van der Waals surface area contributed by atoms with E-state index in [1.807, 2.05) is 30.3 Å². The molecule has 0 heterocycles. The first-order valence-corrected chi connectivity index (χ1v) is 12.9. The summed E-state index contributed by atoms with van der Waals surface area (Å²) in [7, 11) is 0. The summed E-state index contributed by atoms with van der Waals surface area (Å²) >= 11 is 5.94. The number of ether oxygens (including phenoxy) is 1. The lowest BCUT2D eigenvalue weighted by Crippen LogP contribution is -2.58. The molecule has 32 heavy (non-hydrogen) atoms. The maximum atomic E-state index is 12.5. The molecule has 4 aliphatic rings. The molecule has 3 fully saturated rings.